The number of alkyl halides is 3. The molecule has 1 unspecified atom stereocenters. The van der Waals surface area contributed by atoms with Crippen molar-refractivity contribution < 1.29 is 32.6 Å². The first-order valence-corrected chi connectivity index (χ1v) is 8.19. The number of amides is 1. The lowest BCUT2D eigenvalue weighted by Gasteiger charge is -2.34. The van der Waals surface area contributed by atoms with Gasteiger partial charge in [0.15, 0.2) is 6.61 Å². The summed E-state index contributed by atoms with van der Waals surface area (Å²) in [5.74, 6) is -0.692. The summed E-state index contributed by atoms with van der Waals surface area (Å²) in [4.78, 5) is 28.6. The Balaban J connectivity index is 2.11. The molecule has 0 saturated carbocycles. The number of hydrogen-bond donors (Lipinski definition) is 1. The lowest BCUT2D eigenvalue weighted by Crippen LogP contribution is -2.47. The number of hydrogen-bond acceptors (Lipinski definition) is 5. The van der Waals surface area contributed by atoms with Gasteiger partial charge in [-0.05, 0) is 6.07 Å². The van der Waals surface area contributed by atoms with Crippen LogP contribution in [0.3, 0.4) is 0 Å². The van der Waals surface area contributed by atoms with E-state index in [1.165, 1.54) is 23.1 Å². The van der Waals surface area contributed by atoms with Gasteiger partial charge in [0.2, 0.25) is 5.88 Å². The van der Waals surface area contributed by atoms with E-state index in [9.17, 15) is 22.8 Å². The van der Waals surface area contributed by atoms with Crippen molar-refractivity contribution in [2.75, 3.05) is 24.7 Å². The van der Waals surface area contributed by atoms with Gasteiger partial charge < -0.3 is 14.7 Å². The number of rotatable bonds is 5. The smallest absolute Gasteiger partial charge is 0.422 e. The quantitative estimate of drug-likeness (QED) is 0.862. The molecule has 2 heterocycles. The summed E-state index contributed by atoms with van der Waals surface area (Å²) in [5, 5.41) is 8.94. The minimum atomic E-state index is -4.50. The molecule has 1 amide bonds. The zero-order chi connectivity index (χ0) is 17.7. The van der Waals surface area contributed by atoms with Crippen LogP contribution < -0.4 is 4.74 Å². The Bertz CT molecular complexity index is 612. The monoisotopic (exact) mass is 364 g/mol. The van der Waals surface area contributed by atoms with E-state index >= 15 is 0 Å². The first kappa shape index (κ1) is 18.4. The molecule has 0 spiro atoms. The van der Waals surface area contributed by atoms with Gasteiger partial charge in [-0.25, -0.2) is 4.98 Å². The molecule has 1 saturated heterocycles. The van der Waals surface area contributed by atoms with E-state index in [1.54, 1.807) is 11.8 Å². The highest BCUT2D eigenvalue weighted by Crippen LogP contribution is 2.22. The third kappa shape index (κ3) is 5.29. The highest BCUT2D eigenvalue weighted by Gasteiger charge is 2.31. The van der Waals surface area contributed by atoms with E-state index in [0.29, 0.717) is 18.1 Å². The lowest BCUT2D eigenvalue weighted by atomic mass is 10.1. The van der Waals surface area contributed by atoms with Crippen LogP contribution in [-0.2, 0) is 4.79 Å². The van der Waals surface area contributed by atoms with E-state index in [0.717, 1.165) is 0 Å². The second-order valence-electron chi connectivity index (χ2n) is 5.09. The number of carbonyl (C=O) groups is 2. The Morgan fingerprint density at radius 3 is 2.83 bits per heavy atom. The molecule has 132 valence electrons. The summed E-state index contributed by atoms with van der Waals surface area (Å²) in [6.45, 7) is -1.14. The predicted octanol–water partition coefficient (Wildman–Crippen LogP) is 2.06. The zero-order valence-corrected chi connectivity index (χ0v) is 13.3. The first-order chi connectivity index (χ1) is 11.3. The minimum Gasteiger partial charge on any atom is -0.481 e. The fourth-order valence-corrected chi connectivity index (χ4v) is 3.27. The number of pyridine rings is 1. The number of thioether (sulfide) groups is 1. The summed E-state index contributed by atoms with van der Waals surface area (Å²) >= 11 is 1.55. The second-order valence-corrected chi connectivity index (χ2v) is 6.24. The molecule has 1 aliphatic heterocycles. The molecule has 0 radical (unpaired) electrons. The Hall–Kier alpha value is -1.97. The number of aromatic nitrogens is 1. The van der Waals surface area contributed by atoms with Crippen LogP contribution in [0.15, 0.2) is 18.2 Å². The summed E-state index contributed by atoms with van der Waals surface area (Å²) in [6, 6.07) is 3.48. The first-order valence-electron chi connectivity index (χ1n) is 7.03. The van der Waals surface area contributed by atoms with Crippen molar-refractivity contribution in [1.29, 1.82) is 0 Å². The molecule has 1 aliphatic rings. The minimum absolute atomic E-state index is 0.0723. The maximum Gasteiger partial charge on any atom is 0.422 e. The molecule has 1 aromatic rings. The third-order valence-electron chi connectivity index (χ3n) is 3.23. The second kappa shape index (κ2) is 7.73. The molecule has 0 aromatic carbocycles. The maximum atomic E-state index is 12.5. The van der Waals surface area contributed by atoms with Crippen molar-refractivity contribution in [1.82, 2.24) is 9.88 Å². The van der Waals surface area contributed by atoms with Gasteiger partial charge >= 0.3 is 12.1 Å². The number of carboxylic acids is 1. The fourth-order valence-electron chi connectivity index (χ4n) is 2.21. The molecule has 1 N–H and O–H groups in total. The highest BCUT2D eigenvalue weighted by molar-refractivity contribution is 7.99. The summed E-state index contributed by atoms with van der Waals surface area (Å²) in [5.41, 5.74) is -0.0723. The normalized spacial score (nSPS) is 18.3. The predicted molar refractivity (Wildman–Crippen MR) is 80.2 cm³/mol. The van der Waals surface area contributed by atoms with Crippen molar-refractivity contribution in [3.63, 3.8) is 0 Å². The van der Waals surface area contributed by atoms with Crippen LogP contribution in [-0.4, -0.2) is 63.7 Å². The van der Waals surface area contributed by atoms with Crippen LogP contribution in [0, 0.1) is 0 Å². The van der Waals surface area contributed by atoms with Crippen molar-refractivity contribution in [3.8, 4) is 5.88 Å². The molecule has 10 heteroatoms. The Morgan fingerprint density at radius 1 is 1.42 bits per heavy atom. The molecule has 1 atom stereocenters. The van der Waals surface area contributed by atoms with Gasteiger partial charge in [-0.2, -0.15) is 24.9 Å². The molecule has 1 aromatic heterocycles. The molecule has 24 heavy (non-hydrogen) atoms. The van der Waals surface area contributed by atoms with E-state index in [-0.39, 0.29) is 18.0 Å². The maximum absolute atomic E-state index is 12.5. The Morgan fingerprint density at radius 2 is 2.17 bits per heavy atom. The average molecular weight is 364 g/mol. The molecule has 6 nitrogen and oxygen atoms in total. The SMILES string of the molecule is O=C(O)CC1CSCCN1C(=O)c1cccc(OCC(F)(F)F)n1. The van der Waals surface area contributed by atoms with E-state index in [1.807, 2.05) is 0 Å². The van der Waals surface area contributed by atoms with Crippen molar-refractivity contribution >= 4 is 23.6 Å². The summed E-state index contributed by atoms with van der Waals surface area (Å²) < 4.78 is 41.1. The average Bonchev–Trinajstić information content (AvgIpc) is 2.52. The van der Waals surface area contributed by atoms with Crippen LogP contribution in [0.4, 0.5) is 13.2 Å². The topological polar surface area (TPSA) is 79.7 Å². The van der Waals surface area contributed by atoms with Gasteiger partial charge in [0.05, 0.1) is 12.5 Å². The molecule has 0 bridgehead atoms. The Kier molecular flexibility index (Phi) is 5.92. The number of ether oxygens (including phenoxy) is 1. The molecule has 2 rings (SSSR count). The van der Waals surface area contributed by atoms with Crippen LogP contribution in [0.1, 0.15) is 16.9 Å². The van der Waals surface area contributed by atoms with Crippen molar-refractivity contribution in [3.05, 3.63) is 23.9 Å². The third-order valence-corrected chi connectivity index (χ3v) is 4.32. The van der Waals surface area contributed by atoms with E-state index in [4.69, 9.17) is 5.11 Å². The van der Waals surface area contributed by atoms with Gasteiger partial charge in [-0.15, -0.1) is 0 Å². The highest BCUT2D eigenvalue weighted by atomic mass is 32.2. The number of halogens is 3. The molecule has 1 fully saturated rings. The van der Waals surface area contributed by atoms with E-state index < -0.39 is 30.7 Å². The van der Waals surface area contributed by atoms with Crippen LogP contribution >= 0.6 is 11.8 Å². The van der Waals surface area contributed by atoms with Crippen LogP contribution in [0.25, 0.3) is 0 Å². The van der Waals surface area contributed by atoms with Crippen molar-refractivity contribution in [2.45, 2.75) is 18.6 Å². The van der Waals surface area contributed by atoms with Gasteiger partial charge in [0.1, 0.15) is 5.69 Å². The molecular formula is C14H15F3N2O4S. The standard InChI is InChI=1S/C14H15F3N2O4S/c15-14(16,17)8-23-11-3-1-2-10(18-11)13(22)19-4-5-24-7-9(19)6-12(20)21/h1-3,9H,4-8H2,(H,20,21). The zero-order valence-electron chi connectivity index (χ0n) is 12.5. The largest absolute Gasteiger partial charge is 0.481 e. The summed E-state index contributed by atoms with van der Waals surface area (Å²) in [6.07, 6.45) is -4.69. The molecular weight excluding hydrogens is 349 g/mol. The fraction of sp³-hybridized carbons (Fsp3) is 0.500. The Labute approximate surface area is 140 Å². The van der Waals surface area contributed by atoms with Gasteiger partial charge in [-0.1, -0.05) is 6.07 Å². The van der Waals surface area contributed by atoms with Gasteiger partial charge in [0.25, 0.3) is 5.91 Å². The summed E-state index contributed by atoms with van der Waals surface area (Å²) in [7, 11) is 0. The van der Waals surface area contributed by atoms with Crippen LogP contribution in [0.5, 0.6) is 5.88 Å². The number of nitrogens with zero attached hydrogens (tertiary/aromatic N) is 2. The number of aliphatic carboxylic acids is 1. The van der Waals surface area contributed by atoms with E-state index in [2.05, 4.69) is 9.72 Å². The van der Waals surface area contributed by atoms with Crippen molar-refractivity contribution in [2.24, 2.45) is 0 Å². The van der Waals surface area contributed by atoms with Crippen LogP contribution in [0.2, 0.25) is 0 Å². The number of carbonyl (C=O) groups excluding carboxylic acids is 1. The van der Waals surface area contributed by atoms with Gasteiger partial charge in [0, 0.05) is 24.1 Å². The lowest BCUT2D eigenvalue weighted by molar-refractivity contribution is -0.154. The molecule has 0 aliphatic carbocycles. The van der Waals surface area contributed by atoms with Gasteiger partial charge in [-0.3, -0.25) is 9.59 Å². The number of carboxylic acid groups (broad SMARTS) is 1.